The standard InChI is InChI=1S/C27H28N2O/c1-2-6-25(7-3-1)26-12-8-23(9-13-26)5-4-17-28-18-16-24-10-14-27(15-11-24)29-19-21-30-22-20-29/h1-3,6-15,28H,16-22H2. The van der Waals surface area contributed by atoms with E-state index < -0.39 is 0 Å². The van der Waals surface area contributed by atoms with Gasteiger partial charge in [-0.3, -0.25) is 0 Å². The number of hydrogen-bond donors (Lipinski definition) is 1. The maximum atomic E-state index is 5.42. The smallest absolute Gasteiger partial charge is 0.0642 e. The minimum Gasteiger partial charge on any atom is -0.378 e. The van der Waals surface area contributed by atoms with Crippen LogP contribution in [0.2, 0.25) is 0 Å². The molecule has 4 rings (SSSR count). The Morgan fingerprint density at radius 1 is 0.800 bits per heavy atom. The lowest BCUT2D eigenvalue weighted by Crippen LogP contribution is -2.36. The molecule has 1 saturated heterocycles. The van der Waals surface area contributed by atoms with Gasteiger partial charge in [-0.05, 0) is 47.4 Å². The van der Waals surface area contributed by atoms with Crippen molar-refractivity contribution in [2.75, 3.05) is 44.3 Å². The van der Waals surface area contributed by atoms with Gasteiger partial charge in [-0.1, -0.05) is 66.4 Å². The van der Waals surface area contributed by atoms with E-state index in [0.29, 0.717) is 6.54 Å². The van der Waals surface area contributed by atoms with Crippen LogP contribution in [-0.4, -0.2) is 39.4 Å². The zero-order chi connectivity index (χ0) is 20.4. The monoisotopic (exact) mass is 396 g/mol. The first kappa shape index (κ1) is 20.2. The molecule has 3 nitrogen and oxygen atoms in total. The van der Waals surface area contributed by atoms with E-state index in [9.17, 15) is 0 Å². The van der Waals surface area contributed by atoms with Crippen LogP contribution in [0.15, 0.2) is 78.9 Å². The molecule has 0 aromatic heterocycles. The minimum absolute atomic E-state index is 0.701. The van der Waals surface area contributed by atoms with Gasteiger partial charge in [0.2, 0.25) is 0 Å². The Labute approximate surface area is 179 Å². The number of nitrogens with one attached hydrogen (secondary N) is 1. The number of hydrogen-bond acceptors (Lipinski definition) is 3. The largest absolute Gasteiger partial charge is 0.378 e. The molecule has 152 valence electrons. The first-order chi connectivity index (χ1) is 14.9. The van der Waals surface area contributed by atoms with E-state index >= 15 is 0 Å². The predicted molar refractivity (Wildman–Crippen MR) is 125 cm³/mol. The second-order valence-corrected chi connectivity index (χ2v) is 7.44. The van der Waals surface area contributed by atoms with Gasteiger partial charge in [-0.15, -0.1) is 0 Å². The van der Waals surface area contributed by atoms with Crippen molar-refractivity contribution in [3.05, 3.63) is 90.0 Å². The fourth-order valence-electron chi connectivity index (χ4n) is 3.60. The molecule has 0 saturated carbocycles. The lowest BCUT2D eigenvalue weighted by Gasteiger charge is -2.28. The first-order valence-electron chi connectivity index (χ1n) is 10.7. The molecular weight excluding hydrogens is 368 g/mol. The van der Waals surface area contributed by atoms with Crippen LogP contribution in [-0.2, 0) is 11.2 Å². The van der Waals surface area contributed by atoms with Gasteiger partial charge in [0.05, 0.1) is 19.8 Å². The quantitative estimate of drug-likeness (QED) is 0.495. The van der Waals surface area contributed by atoms with E-state index in [1.54, 1.807) is 0 Å². The third-order valence-corrected chi connectivity index (χ3v) is 5.34. The Morgan fingerprint density at radius 2 is 1.50 bits per heavy atom. The summed E-state index contributed by atoms with van der Waals surface area (Å²) in [5, 5.41) is 3.42. The molecule has 0 unspecified atom stereocenters. The van der Waals surface area contributed by atoms with Crippen LogP contribution in [0.25, 0.3) is 11.1 Å². The number of morpholine rings is 1. The fourth-order valence-corrected chi connectivity index (χ4v) is 3.60. The zero-order valence-corrected chi connectivity index (χ0v) is 17.3. The molecule has 3 heteroatoms. The average Bonchev–Trinajstić information content (AvgIpc) is 2.83. The summed E-state index contributed by atoms with van der Waals surface area (Å²) in [7, 11) is 0. The van der Waals surface area contributed by atoms with Crippen molar-refractivity contribution in [2.45, 2.75) is 6.42 Å². The highest BCUT2D eigenvalue weighted by Crippen LogP contribution is 2.19. The van der Waals surface area contributed by atoms with Crippen LogP contribution < -0.4 is 10.2 Å². The van der Waals surface area contributed by atoms with E-state index in [4.69, 9.17) is 4.74 Å². The minimum atomic E-state index is 0.701. The second kappa shape index (κ2) is 10.6. The third-order valence-electron chi connectivity index (χ3n) is 5.34. The van der Waals surface area contributed by atoms with Gasteiger partial charge in [0.25, 0.3) is 0 Å². The number of ether oxygens (including phenoxy) is 1. The molecule has 0 aliphatic carbocycles. The van der Waals surface area contributed by atoms with Crippen LogP contribution in [0, 0.1) is 11.8 Å². The van der Waals surface area contributed by atoms with Crippen molar-refractivity contribution < 1.29 is 4.74 Å². The number of nitrogens with zero attached hydrogens (tertiary/aromatic N) is 1. The Balaban J connectivity index is 1.19. The third kappa shape index (κ3) is 5.73. The van der Waals surface area contributed by atoms with Crippen LogP contribution in [0.1, 0.15) is 11.1 Å². The Kier molecular flexibility index (Phi) is 7.17. The lowest BCUT2D eigenvalue weighted by atomic mass is 10.0. The van der Waals surface area contributed by atoms with Crippen LogP contribution in [0.5, 0.6) is 0 Å². The molecule has 0 bridgehead atoms. The summed E-state index contributed by atoms with van der Waals surface area (Å²) >= 11 is 0. The summed E-state index contributed by atoms with van der Waals surface area (Å²) in [5.74, 6) is 6.46. The van der Waals surface area contributed by atoms with Gasteiger partial charge in [0, 0.05) is 30.9 Å². The van der Waals surface area contributed by atoms with Crippen LogP contribution in [0.4, 0.5) is 5.69 Å². The highest BCUT2D eigenvalue weighted by Gasteiger charge is 2.10. The molecule has 1 fully saturated rings. The van der Waals surface area contributed by atoms with Crippen molar-refractivity contribution in [1.82, 2.24) is 5.32 Å². The lowest BCUT2D eigenvalue weighted by molar-refractivity contribution is 0.122. The molecule has 0 spiro atoms. The molecule has 3 aromatic rings. The topological polar surface area (TPSA) is 24.5 Å². The van der Waals surface area contributed by atoms with Gasteiger partial charge < -0.3 is 15.0 Å². The van der Waals surface area contributed by atoms with Gasteiger partial charge in [-0.2, -0.15) is 0 Å². The van der Waals surface area contributed by atoms with Crippen molar-refractivity contribution in [1.29, 1.82) is 0 Å². The number of benzene rings is 3. The van der Waals surface area contributed by atoms with Gasteiger partial charge in [0.1, 0.15) is 0 Å². The normalized spacial score (nSPS) is 13.5. The molecule has 3 aromatic carbocycles. The van der Waals surface area contributed by atoms with Crippen LogP contribution >= 0.6 is 0 Å². The van der Waals surface area contributed by atoms with Crippen molar-refractivity contribution in [3.8, 4) is 23.0 Å². The molecule has 1 aliphatic heterocycles. The number of rotatable bonds is 6. The fraction of sp³-hybridized carbons (Fsp3) is 0.259. The molecule has 0 amide bonds. The maximum absolute atomic E-state index is 5.42. The van der Waals surface area contributed by atoms with E-state index in [0.717, 1.165) is 44.8 Å². The average molecular weight is 397 g/mol. The van der Waals surface area contributed by atoms with Crippen molar-refractivity contribution in [2.24, 2.45) is 0 Å². The van der Waals surface area contributed by atoms with Gasteiger partial charge in [0.15, 0.2) is 0 Å². The van der Waals surface area contributed by atoms with Gasteiger partial charge >= 0.3 is 0 Å². The summed E-state index contributed by atoms with van der Waals surface area (Å²) in [6.07, 6.45) is 1.01. The second-order valence-electron chi connectivity index (χ2n) is 7.44. The predicted octanol–water partition coefficient (Wildman–Crippen LogP) is 4.37. The summed E-state index contributed by atoms with van der Waals surface area (Å²) in [5.41, 5.74) is 6.15. The SMILES string of the molecule is C(#Cc1ccc(-c2ccccc2)cc1)CNCCc1ccc(N2CCOCC2)cc1. The van der Waals surface area contributed by atoms with Crippen molar-refractivity contribution >= 4 is 5.69 Å². The molecule has 1 aliphatic rings. The highest BCUT2D eigenvalue weighted by molar-refractivity contribution is 5.64. The summed E-state index contributed by atoms with van der Waals surface area (Å²) in [6, 6.07) is 27.8. The first-order valence-corrected chi connectivity index (χ1v) is 10.7. The Bertz CT molecular complexity index is 963. The molecule has 1 heterocycles. The Hall–Kier alpha value is -3.06. The molecule has 1 N–H and O–H groups in total. The summed E-state index contributed by atoms with van der Waals surface area (Å²) in [4.78, 5) is 2.38. The van der Waals surface area contributed by atoms with Gasteiger partial charge in [-0.25, -0.2) is 0 Å². The highest BCUT2D eigenvalue weighted by atomic mass is 16.5. The summed E-state index contributed by atoms with van der Waals surface area (Å²) < 4.78 is 5.42. The van der Waals surface area contributed by atoms with Crippen LogP contribution in [0.3, 0.4) is 0 Å². The van der Waals surface area contributed by atoms with Crippen molar-refractivity contribution in [3.63, 3.8) is 0 Å². The van der Waals surface area contributed by atoms with E-state index in [2.05, 4.69) is 94.9 Å². The molecule has 0 radical (unpaired) electrons. The zero-order valence-electron chi connectivity index (χ0n) is 17.3. The van der Waals surface area contributed by atoms with E-state index in [-0.39, 0.29) is 0 Å². The summed E-state index contributed by atoms with van der Waals surface area (Å²) in [6.45, 7) is 5.24. The Morgan fingerprint density at radius 3 is 2.23 bits per heavy atom. The number of anilines is 1. The molecule has 30 heavy (non-hydrogen) atoms. The molecular formula is C27H28N2O. The van der Waals surface area contributed by atoms with E-state index in [1.165, 1.54) is 22.4 Å². The maximum Gasteiger partial charge on any atom is 0.0642 e. The van der Waals surface area contributed by atoms with E-state index in [1.807, 2.05) is 6.07 Å². The molecule has 0 atom stereocenters.